The molecule has 1 amide bonds. The Labute approximate surface area is 146 Å². The summed E-state index contributed by atoms with van der Waals surface area (Å²) in [4.78, 5) is 36.5. The van der Waals surface area contributed by atoms with Crippen molar-refractivity contribution in [2.75, 3.05) is 0 Å². The molecule has 3 atom stereocenters. The summed E-state index contributed by atoms with van der Waals surface area (Å²) in [5.74, 6) is -0.393. The lowest BCUT2D eigenvalue weighted by atomic mass is 9.86. The first-order valence-electron chi connectivity index (χ1n) is 8.54. The summed E-state index contributed by atoms with van der Waals surface area (Å²) in [6, 6.07) is 3.70. The monoisotopic (exact) mass is 351 g/mol. The number of carbonyl (C=O) groups is 3. The molecule has 0 spiro atoms. The van der Waals surface area contributed by atoms with E-state index in [2.05, 4.69) is 12.2 Å². The molecule has 0 saturated heterocycles. The average Bonchev–Trinajstić information content (AvgIpc) is 3.09. The largest absolute Gasteiger partial charge is 0.453 e. The van der Waals surface area contributed by atoms with Gasteiger partial charge in [-0.1, -0.05) is 25.8 Å². The van der Waals surface area contributed by atoms with Crippen LogP contribution < -0.4 is 5.32 Å². The van der Waals surface area contributed by atoms with E-state index in [1.807, 2.05) is 5.38 Å². The zero-order valence-electron chi connectivity index (χ0n) is 14.2. The minimum absolute atomic E-state index is 0.00577. The van der Waals surface area contributed by atoms with Gasteiger partial charge in [0.15, 0.2) is 11.9 Å². The molecular weight excluding hydrogens is 326 g/mol. The number of esters is 1. The number of nitrogens with one attached hydrogen (secondary N) is 1. The Kier molecular flexibility index (Phi) is 6.97. The minimum Gasteiger partial charge on any atom is -0.453 e. The van der Waals surface area contributed by atoms with Crippen molar-refractivity contribution >= 4 is 29.0 Å². The lowest BCUT2D eigenvalue weighted by Crippen LogP contribution is -2.46. The normalized spacial score (nSPS) is 21.8. The third kappa shape index (κ3) is 5.44. The van der Waals surface area contributed by atoms with E-state index in [4.69, 9.17) is 4.74 Å². The molecule has 1 heterocycles. The van der Waals surface area contributed by atoms with Crippen LogP contribution >= 0.6 is 11.3 Å². The van der Waals surface area contributed by atoms with Crippen LogP contribution in [0.15, 0.2) is 17.5 Å². The van der Waals surface area contributed by atoms with Crippen LogP contribution in [-0.2, 0) is 14.3 Å². The quantitative estimate of drug-likeness (QED) is 0.604. The van der Waals surface area contributed by atoms with Gasteiger partial charge in [0.05, 0.1) is 11.3 Å². The number of amides is 1. The first kappa shape index (κ1) is 18.6. The van der Waals surface area contributed by atoms with Crippen LogP contribution in [0, 0.1) is 5.92 Å². The molecule has 0 radical (unpaired) electrons. The van der Waals surface area contributed by atoms with Crippen LogP contribution in [0.25, 0.3) is 0 Å². The van der Waals surface area contributed by atoms with Crippen LogP contribution in [-0.4, -0.2) is 29.8 Å². The highest BCUT2D eigenvalue weighted by Gasteiger charge is 2.26. The van der Waals surface area contributed by atoms with Crippen molar-refractivity contribution in [3.63, 3.8) is 0 Å². The molecule has 24 heavy (non-hydrogen) atoms. The van der Waals surface area contributed by atoms with Gasteiger partial charge in [-0.15, -0.1) is 11.3 Å². The molecule has 1 aliphatic carbocycles. The fourth-order valence-corrected chi connectivity index (χ4v) is 3.61. The van der Waals surface area contributed by atoms with Gasteiger partial charge in [-0.05, 0) is 37.1 Å². The summed E-state index contributed by atoms with van der Waals surface area (Å²) >= 11 is 1.36. The molecule has 6 heteroatoms. The third-order valence-corrected chi connectivity index (χ3v) is 5.38. The zero-order chi connectivity index (χ0) is 17.5. The van der Waals surface area contributed by atoms with Crippen molar-refractivity contribution in [2.24, 2.45) is 5.92 Å². The lowest BCUT2D eigenvalue weighted by molar-refractivity contribution is -0.155. The predicted molar refractivity (Wildman–Crippen MR) is 93.0 cm³/mol. The van der Waals surface area contributed by atoms with E-state index >= 15 is 0 Å². The molecule has 1 aromatic rings. The van der Waals surface area contributed by atoms with Gasteiger partial charge in [-0.2, -0.15) is 0 Å². The Morgan fingerprint density at radius 2 is 2.04 bits per heavy atom. The Morgan fingerprint density at radius 3 is 2.71 bits per heavy atom. The second kappa shape index (κ2) is 8.97. The summed E-state index contributed by atoms with van der Waals surface area (Å²) in [5, 5.41) is 4.80. The van der Waals surface area contributed by atoms with E-state index in [9.17, 15) is 14.4 Å². The van der Waals surface area contributed by atoms with Gasteiger partial charge in [0, 0.05) is 12.5 Å². The first-order valence-corrected chi connectivity index (χ1v) is 9.42. The molecule has 0 aliphatic heterocycles. The average molecular weight is 351 g/mol. The molecule has 1 aliphatic rings. The maximum Gasteiger partial charge on any atom is 0.307 e. The minimum atomic E-state index is -0.830. The van der Waals surface area contributed by atoms with Gasteiger partial charge in [-0.25, -0.2) is 0 Å². The zero-order valence-corrected chi connectivity index (χ0v) is 15.1. The predicted octanol–water partition coefficient (Wildman–Crippen LogP) is 3.34. The number of carbonyl (C=O) groups excluding carboxylic acids is 3. The van der Waals surface area contributed by atoms with Crippen LogP contribution in [0.4, 0.5) is 0 Å². The Bertz CT molecular complexity index is 570. The molecule has 1 fully saturated rings. The maximum absolute atomic E-state index is 12.2. The molecule has 5 nitrogen and oxygen atoms in total. The molecular formula is C18H25NO4S. The fraction of sp³-hybridized carbons (Fsp3) is 0.611. The van der Waals surface area contributed by atoms with Crippen LogP contribution in [0.3, 0.4) is 0 Å². The van der Waals surface area contributed by atoms with Crippen LogP contribution in [0.2, 0.25) is 0 Å². The lowest BCUT2D eigenvalue weighted by Gasteiger charge is -2.30. The topological polar surface area (TPSA) is 72.5 Å². The summed E-state index contributed by atoms with van der Waals surface area (Å²) in [7, 11) is 0. The second-order valence-corrected chi connectivity index (χ2v) is 7.36. The number of ether oxygens (including phenoxy) is 1. The summed E-state index contributed by atoms with van der Waals surface area (Å²) in [5.41, 5.74) is 0. The molecule has 1 aromatic heterocycles. The number of Topliss-reactive ketones (excluding diaryl/α,β-unsaturated/α-hetero) is 1. The van der Waals surface area contributed by atoms with Gasteiger partial charge >= 0.3 is 5.97 Å². The SMILES string of the molecule is C[C@@H]1CCCC[C@H]1NC(=O)[C@@H](C)OC(=O)CCC(=O)c1cccs1. The highest BCUT2D eigenvalue weighted by Crippen LogP contribution is 2.23. The van der Waals surface area contributed by atoms with Gasteiger partial charge in [-0.3, -0.25) is 14.4 Å². The van der Waals surface area contributed by atoms with Crippen LogP contribution in [0.5, 0.6) is 0 Å². The fourth-order valence-electron chi connectivity index (χ4n) is 2.92. The van der Waals surface area contributed by atoms with E-state index in [0.717, 1.165) is 19.3 Å². The number of hydrogen-bond acceptors (Lipinski definition) is 5. The van der Waals surface area contributed by atoms with Gasteiger partial charge in [0.2, 0.25) is 0 Å². The summed E-state index contributed by atoms with van der Waals surface area (Å²) in [6.45, 7) is 3.71. The van der Waals surface area contributed by atoms with Crippen molar-refractivity contribution in [3.8, 4) is 0 Å². The van der Waals surface area contributed by atoms with Crippen molar-refractivity contribution in [3.05, 3.63) is 22.4 Å². The molecule has 132 valence electrons. The summed E-state index contributed by atoms with van der Waals surface area (Å²) in [6.07, 6.45) is 3.68. The molecule has 1 N–H and O–H groups in total. The molecule has 0 aromatic carbocycles. The number of ketones is 1. The summed E-state index contributed by atoms with van der Waals surface area (Å²) < 4.78 is 5.16. The molecule has 1 saturated carbocycles. The second-order valence-electron chi connectivity index (χ2n) is 6.41. The van der Waals surface area contributed by atoms with E-state index in [-0.39, 0.29) is 30.6 Å². The standard InChI is InChI=1S/C18H25NO4S/c1-12-6-3-4-7-14(12)19-18(22)13(2)23-17(21)10-9-15(20)16-8-5-11-24-16/h5,8,11-14H,3-4,6-7,9-10H2,1-2H3,(H,19,22)/t12-,13-,14-/m1/s1. The number of rotatable bonds is 7. The Balaban J connectivity index is 1.72. The van der Waals surface area contributed by atoms with Crippen molar-refractivity contribution in [2.45, 2.75) is 64.5 Å². The van der Waals surface area contributed by atoms with E-state index in [0.29, 0.717) is 10.8 Å². The smallest absolute Gasteiger partial charge is 0.307 e. The Morgan fingerprint density at radius 1 is 1.29 bits per heavy atom. The van der Waals surface area contributed by atoms with E-state index in [1.54, 1.807) is 19.1 Å². The maximum atomic E-state index is 12.2. The first-order chi connectivity index (χ1) is 11.5. The third-order valence-electron chi connectivity index (χ3n) is 4.47. The molecule has 2 rings (SSSR count). The van der Waals surface area contributed by atoms with E-state index in [1.165, 1.54) is 17.8 Å². The van der Waals surface area contributed by atoms with Gasteiger partial charge in [0.25, 0.3) is 5.91 Å². The highest BCUT2D eigenvalue weighted by atomic mass is 32.1. The number of thiophene rings is 1. The van der Waals surface area contributed by atoms with Crippen molar-refractivity contribution in [1.29, 1.82) is 0 Å². The van der Waals surface area contributed by atoms with Gasteiger partial charge < -0.3 is 10.1 Å². The van der Waals surface area contributed by atoms with E-state index < -0.39 is 12.1 Å². The van der Waals surface area contributed by atoms with Crippen molar-refractivity contribution < 1.29 is 19.1 Å². The number of hydrogen-bond donors (Lipinski definition) is 1. The highest BCUT2D eigenvalue weighted by molar-refractivity contribution is 7.12. The molecule has 0 unspecified atom stereocenters. The van der Waals surface area contributed by atoms with Crippen molar-refractivity contribution in [1.82, 2.24) is 5.32 Å². The van der Waals surface area contributed by atoms with Crippen LogP contribution in [0.1, 0.15) is 62.0 Å². The molecule has 0 bridgehead atoms. The van der Waals surface area contributed by atoms with Gasteiger partial charge in [0.1, 0.15) is 0 Å². The Hall–Kier alpha value is -1.69.